The van der Waals surface area contributed by atoms with E-state index in [0.717, 1.165) is 19.6 Å². The van der Waals surface area contributed by atoms with Crippen LogP contribution >= 0.6 is 0 Å². The summed E-state index contributed by atoms with van der Waals surface area (Å²) >= 11 is 0. The Morgan fingerprint density at radius 3 is 2.80 bits per heavy atom. The molecule has 3 atom stereocenters. The molecule has 0 aromatic carbocycles. The van der Waals surface area contributed by atoms with Crippen LogP contribution < -0.4 is 10.6 Å². The fourth-order valence-corrected chi connectivity index (χ4v) is 1.91. The zero-order valence-electron chi connectivity index (χ0n) is 6.15. The van der Waals surface area contributed by atoms with Crippen LogP contribution in [-0.4, -0.2) is 31.3 Å². The second kappa shape index (κ2) is 1.92. The van der Waals surface area contributed by atoms with Crippen LogP contribution in [0.25, 0.3) is 0 Å². The van der Waals surface area contributed by atoms with E-state index in [1.165, 1.54) is 0 Å². The standard InChI is InChI=1S/C7H13FN2/c1-7(8)5-2-9-4-6(7)10-3-5/h5-6,9-10H,2-4H2,1H3. The van der Waals surface area contributed by atoms with E-state index in [-0.39, 0.29) is 12.0 Å². The Kier molecular flexibility index (Phi) is 1.26. The first-order valence-electron chi connectivity index (χ1n) is 3.84. The highest BCUT2D eigenvalue weighted by Crippen LogP contribution is 2.32. The van der Waals surface area contributed by atoms with Gasteiger partial charge in [0.05, 0.1) is 6.04 Å². The van der Waals surface area contributed by atoms with Crippen molar-refractivity contribution in [1.82, 2.24) is 10.6 Å². The number of halogens is 1. The highest BCUT2D eigenvalue weighted by atomic mass is 19.1. The molecule has 0 spiro atoms. The molecule has 2 rings (SSSR count). The van der Waals surface area contributed by atoms with Crippen molar-refractivity contribution in [2.24, 2.45) is 5.92 Å². The molecule has 3 unspecified atom stereocenters. The molecule has 0 amide bonds. The van der Waals surface area contributed by atoms with Gasteiger partial charge in [-0.1, -0.05) is 0 Å². The maximum absolute atomic E-state index is 13.6. The molecule has 2 heterocycles. The second-order valence-corrected chi connectivity index (χ2v) is 3.47. The highest BCUT2D eigenvalue weighted by molar-refractivity contribution is 5.05. The summed E-state index contributed by atoms with van der Waals surface area (Å²) in [5, 5.41) is 6.37. The summed E-state index contributed by atoms with van der Waals surface area (Å²) in [4.78, 5) is 0. The van der Waals surface area contributed by atoms with Gasteiger partial charge in [-0.2, -0.15) is 0 Å². The molecule has 3 heteroatoms. The average Bonchev–Trinajstić information content (AvgIpc) is 2.17. The van der Waals surface area contributed by atoms with Gasteiger partial charge in [0.2, 0.25) is 0 Å². The summed E-state index contributed by atoms with van der Waals surface area (Å²) in [6.45, 7) is 4.16. The molecule has 0 aromatic heterocycles. The zero-order valence-corrected chi connectivity index (χ0v) is 6.15. The summed E-state index contributed by atoms with van der Waals surface area (Å²) in [5.74, 6) is 0.186. The number of fused-ring (bicyclic) bond motifs is 2. The largest absolute Gasteiger partial charge is 0.315 e. The minimum atomic E-state index is -0.967. The number of hydrogen-bond acceptors (Lipinski definition) is 2. The van der Waals surface area contributed by atoms with E-state index in [9.17, 15) is 4.39 Å². The van der Waals surface area contributed by atoms with Gasteiger partial charge in [-0.3, -0.25) is 0 Å². The lowest BCUT2D eigenvalue weighted by Gasteiger charge is -2.32. The van der Waals surface area contributed by atoms with Gasteiger partial charge in [0, 0.05) is 25.6 Å². The molecule has 2 fully saturated rings. The van der Waals surface area contributed by atoms with Crippen molar-refractivity contribution >= 4 is 0 Å². The van der Waals surface area contributed by atoms with Crippen LogP contribution in [0.1, 0.15) is 6.92 Å². The van der Waals surface area contributed by atoms with E-state index in [1.54, 1.807) is 6.92 Å². The number of hydrogen-bond donors (Lipinski definition) is 2. The van der Waals surface area contributed by atoms with Gasteiger partial charge < -0.3 is 10.6 Å². The maximum Gasteiger partial charge on any atom is 0.129 e. The summed E-state index contributed by atoms with van der Waals surface area (Å²) in [5.41, 5.74) is -0.967. The molecule has 2 aliphatic rings. The summed E-state index contributed by atoms with van der Waals surface area (Å²) in [7, 11) is 0. The van der Waals surface area contributed by atoms with Gasteiger partial charge in [-0.15, -0.1) is 0 Å². The minimum Gasteiger partial charge on any atom is -0.315 e. The number of alkyl halides is 1. The predicted octanol–water partition coefficient (Wildman–Crippen LogP) is -0.0942. The Labute approximate surface area is 60.2 Å². The molecule has 10 heavy (non-hydrogen) atoms. The monoisotopic (exact) mass is 144 g/mol. The second-order valence-electron chi connectivity index (χ2n) is 3.47. The fraction of sp³-hybridized carbons (Fsp3) is 1.00. The lowest BCUT2D eigenvalue weighted by Crippen LogP contribution is -2.53. The molecule has 2 saturated heterocycles. The molecule has 58 valence electrons. The molecule has 2 N–H and O–H groups in total. The third-order valence-corrected chi connectivity index (χ3v) is 2.83. The van der Waals surface area contributed by atoms with Crippen molar-refractivity contribution in [1.29, 1.82) is 0 Å². The van der Waals surface area contributed by atoms with Gasteiger partial charge in [-0.25, -0.2) is 4.39 Å². The molecule has 0 aromatic rings. The molecule has 0 radical (unpaired) electrons. The molecule has 0 aliphatic carbocycles. The Balaban J connectivity index is 2.21. The van der Waals surface area contributed by atoms with Gasteiger partial charge in [0.15, 0.2) is 0 Å². The van der Waals surface area contributed by atoms with E-state index >= 15 is 0 Å². The van der Waals surface area contributed by atoms with E-state index < -0.39 is 5.67 Å². The van der Waals surface area contributed by atoms with Crippen molar-refractivity contribution in [3.63, 3.8) is 0 Å². The molecular weight excluding hydrogens is 131 g/mol. The van der Waals surface area contributed by atoms with Crippen molar-refractivity contribution in [2.75, 3.05) is 19.6 Å². The Morgan fingerprint density at radius 1 is 1.40 bits per heavy atom. The van der Waals surface area contributed by atoms with E-state index in [0.29, 0.717) is 0 Å². The lowest BCUT2D eigenvalue weighted by atomic mass is 9.86. The zero-order chi connectivity index (χ0) is 7.19. The third-order valence-electron chi connectivity index (χ3n) is 2.83. The van der Waals surface area contributed by atoms with Crippen LogP contribution in [0.3, 0.4) is 0 Å². The van der Waals surface area contributed by atoms with Crippen LogP contribution in [0.4, 0.5) is 4.39 Å². The van der Waals surface area contributed by atoms with Gasteiger partial charge in [0.25, 0.3) is 0 Å². The van der Waals surface area contributed by atoms with E-state index in [4.69, 9.17) is 0 Å². The summed E-state index contributed by atoms with van der Waals surface area (Å²) in [6, 6.07) is 0.0475. The first-order valence-corrected chi connectivity index (χ1v) is 3.84. The Hall–Kier alpha value is -0.150. The van der Waals surface area contributed by atoms with Crippen LogP contribution in [0.2, 0.25) is 0 Å². The topological polar surface area (TPSA) is 24.1 Å². The van der Waals surface area contributed by atoms with Crippen LogP contribution in [0, 0.1) is 5.92 Å². The van der Waals surface area contributed by atoms with Crippen molar-refractivity contribution < 1.29 is 4.39 Å². The van der Waals surface area contributed by atoms with Crippen molar-refractivity contribution in [3.8, 4) is 0 Å². The third kappa shape index (κ3) is 0.705. The maximum atomic E-state index is 13.6. The number of piperidine rings is 1. The minimum absolute atomic E-state index is 0.0475. The van der Waals surface area contributed by atoms with Crippen molar-refractivity contribution in [2.45, 2.75) is 18.6 Å². The molecule has 0 saturated carbocycles. The quantitative estimate of drug-likeness (QED) is 0.496. The average molecular weight is 144 g/mol. The highest BCUT2D eigenvalue weighted by Gasteiger charge is 2.49. The first kappa shape index (κ1) is 6.55. The SMILES string of the molecule is CC1(F)C2CNCC1NC2. The molecule has 2 bridgehead atoms. The number of rotatable bonds is 0. The van der Waals surface area contributed by atoms with Crippen LogP contribution in [0.5, 0.6) is 0 Å². The number of nitrogens with one attached hydrogen (secondary N) is 2. The Morgan fingerprint density at radius 2 is 2.20 bits per heavy atom. The van der Waals surface area contributed by atoms with Gasteiger partial charge in [-0.05, 0) is 6.92 Å². The molecule has 2 nitrogen and oxygen atoms in total. The van der Waals surface area contributed by atoms with E-state index in [2.05, 4.69) is 10.6 Å². The Bertz CT molecular complexity index is 129. The first-order chi connectivity index (χ1) is 4.71. The van der Waals surface area contributed by atoms with E-state index in [1.807, 2.05) is 0 Å². The smallest absolute Gasteiger partial charge is 0.129 e. The van der Waals surface area contributed by atoms with Crippen LogP contribution in [-0.2, 0) is 0 Å². The normalized spacial score (nSPS) is 53.4. The summed E-state index contributed by atoms with van der Waals surface area (Å²) < 4.78 is 13.6. The predicted molar refractivity (Wildman–Crippen MR) is 37.7 cm³/mol. The van der Waals surface area contributed by atoms with Gasteiger partial charge in [0.1, 0.15) is 5.67 Å². The van der Waals surface area contributed by atoms with Gasteiger partial charge >= 0.3 is 0 Å². The molecule has 2 aliphatic heterocycles. The van der Waals surface area contributed by atoms with Crippen LogP contribution in [0.15, 0.2) is 0 Å². The molecular formula is C7H13FN2. The summed E-state index contributed by atoms with van der Waals surface area (Å²) in [6.07, 6.45) is 0. The lowest BCUT2D eigenvalue weighted by molar-refractivity contribution is 0.0891. The van der Waals surface area contributed by atoms with Crippen molar-refractivity contribution in [3.05, 3.63) is 0 Å². The fourth-order valence-electron chi connectivity index (χ4n) is 1.91.